The average Bonchev–Trinajstić information content (AvgIpc) is 2.47. The van der Waals surface area contributed by atoms with Crippen molar-refractivity contribution in [3.8, 4) is 17.2 Å². The zero-order chi connectivity index (χ0) is 15.6. The topological polar surface area (TPSA) is 79.7 Å². The van der Waals surface area contributed by atoms with Crippen molar-refractivity contribution in [2.75, 3.05) is 7.11 Å². The van der Waals surface area contributed by atoms with Crippen LogP contribution in [0.4, 0.5) is 0 Å². The quantitative estimate of drug-likeness (QED) is 0.666. The summed E-state index contributed by atoms with van der Waals surface area (Å²) in [6.45, 7) is 0. The molecule has 0 saturated carbocycles. The third-order valence-corrected chi connectivity index (χ3v) is 3.64. The molecule has 0 spiro atoms. The summed E-state index contributed by atoms with van der Waals surface area (Å²) in [5.41, 5.74) is 0.474. The van der Waals surface area contributed by atoms with Crippen LogP contribution >= 0.6 is 23.2 Å². The van der Waals surface area contributed by atoms with Gasteiger partial charge in [0.2, 0.25) is 5.75 Å². The van der Waals surface area contributed by atoms with Crippen LogP contribution in [0.5, 0.6) is 17.2 Å². The Hall–Kier alpha value is -1.98. The molecule has 0 aliphatic rings. The number of aldehydes is 1. The molecule has 2 rings (SSSR count). The van der Waals surface area contributed by atoms with E-state index in [0.29, 0.717) is 11.8 Å². The van der Waals surface area contributed by atoms with E-state index >= 15 is 0 Å². The highest BCUT2D eigenvalue weighted by atomic mass is 35.5. The molecule has 5 nitrogen and oxygen atoms in total. The molecule has 1 unspecified atom stereocenters. The average molecular weight is 328 g/mol. The van der Waals surface area contributed by atoms with Gasteiger partial charge in [0.05, 0.1) is 23.1 Å². The van der Waals surface area contributed by atoms with E-state index in [1.807, 2.05) is 0 Å². The van der Waals surface area contributed by atoms with Crippen LogP contribution in [0.15, 0.2) is 24.5 Å². The number of phenolic OH excluding ortho intramolecular Hbond substituents is 2. The van der Waals surface area contributed by atoms with E-state index in [0.717, 1.165) is 0 Å². The number of methoxy groups -OCH3 is 1. The van der Waals surface area contributed by atoms with Gasteiger partial charge in [-0.05, 0) is 6.07 Å². The number of pyridine rings is 1. The highest BCUT2D eigenvalue weighted by molar-refractivity contribution is 6.36. The first-order valence-electron chi connectivity index (χ1n) is 5.84. The SMILES string of the molecule is COc1ccc(C(C=O)c2c(Cl)cncc2Cl)c(O)c1O. The smallest absolute Gasteiger partial charge is 0.200 e. The Kier molecular flexibility index (Phi) is 4.55. The molecule has 110 valence electrons. The summed E-state index contributed by atoms with van der Waals surface area (Å²) in [4.78, 5) is 15.3. The predicted octanol–water partition coefficient (Wildman–Crippen LogP) is 3.14. The first-order valence-corrected chi connectivity index (χ1v) is 6.59. The predicted molar refractivity (Wildman–Crippen MR) is 78.5 cm³/mol. The summed E-state index contributed by atoms with van der Waals surface area (Å²) >= 11 is 12.1. The summed E-state index contributed by atoms with van der Waals surface area (Å²) < 4.78 is 4.89. The first kappa shape index (κ1) is 15.4. The molecule has 7 heteroatoms. The third kappa shape index (κ3) is 2.75. The van der Waals surface area contributed by atoms with Crippen molar-refractivity contribution < 1.29 is 19.7 Å². The van der Waals surface area contributed by atoms with Crippen molar-refractivity contribution >= 4 is 29.5 Å². The largest absolute Gasteiger partial charge is 0.504 e. The van der Waals surface area contributed by atoms with Crippen LogP contribution in [0, 0.1) is 0 Å². The van der Waals surface area contributed by atoms with Crippen molar-refractivity contribution in [1.29, 1.82) is 0 Å². The number of aromatic nitrogens is 1. The molecule has 0 aliphatic heterocycles. The van der Waals surface area contributed by atoms with Crippen molar-refractivity contribution in [3.05, 3.63) is 45.7 Å². The Morgan fingerprint density at radius 1 is 1.19 bits per heavy atom. The number of carbonyl (C=O) groups is 1. The zero-order valence-electron chi connectivity index (χ0n) is 10.9. The van der Waals surface area contributed by atoms with Crippen LogP contribution in [-0.4, -0.2) is 28.6 Å². The molecule has 0 saturated heterocycles. The van der Waals surface area contributed by atoms with Gasteiger partial charge in [-0.25, -0.2) is 0 Å². The second-order valence-corrected chi connectivity index (χ2v) is 5.00. The summed E-state index contributed by atoms with van der Waals surface area (Å²) in [6.07, 6.45) is 3.27. The van der Waals surface area contributed by atoms with Gasteiger partial charge in [0.1, 0.15) is 6.29 Å². The Morgan fingerprint density at radius 2 is 1.81 bits per heavy atom. The van der Waals surface area contributed by atoms with Crippen molar-refractivity contribution in [2.24, 2.45) is 0 Å². The number of phenols is 2. The van der Waals surface area contributed by atoms with Crippen molar-refractivity contribution in [3.63, 3.8) is 0 Å². The van der Waals surface area contributed by atoms with Gasteiger partial charge < -0.3 is 19.7 Å². The number of benzene rings is 1. The van der Waals surface area contributed by atoms with Gasteiger partial charge in [0.25, 0.3) is 0 Å². The summed E-state index contributed by atoms with van der Waals surface area (Å²) in [5.74, 6) is -1.77. The fourth-order valence-corrected chi connectivity index (χ4v) is 2.61. The number of hydrogen-bond donors (Lipinski definition) is 2. The van der Waals surface area contributed by atoms with E-state index in [1.165, 1.54) is 31.6 Å². The van der Waals surface area contributed by atoms with Gasteiger partial charge in [0.15, 0.2) is 11.5 Å². The molecule has 2 aromatic rings. The maximum Gasteiger partial charge on any atom is 0.200 e. The maximum absolute atomic E-state index is 11.5. The van der Waals surface area contributed by atoms with Crippen LogP contribution in [0.3, 0.4) is 0 Å². The Labute approximate surface area is 130 Å². The van der Waals surface area contributed by atoms with Crippen LogP contribution in [-0.2, 0) is 4.79 Å². The number of hydrogen-bond acceptors (Lipinski definition) is 5. The number of ether oxygens (including phenoxy) is 1. The molecule has 21 heavy (non-hydrogen) atoms. The van der Waals surface area contributed by atoms with E-state index in [2.05, 4.69) is 4.98 Å². The zero-order valence-corrected chi connectivity index (χ0v) is 12.4. The lowest BCUT2D eigenvalue weighted by Crippen LogP contribution is -2.05. The van der Waals surface area contributed by atoms with E-state index in [9.17, 15) is 15.0 Å². The monoisotopic (exact) mass is 327 g/mol. The van der Waals surface area contributed by atoms with E-state index in [1.54, 1.807) is 0 Å². The summed E-state index contributed by atoms with van der Waals surface area (Å²) in [5, 5.41) is 20.3. The lowest BCUT2D eigenvalue weighted by atomic mass is 9.92. The molecule has 0 radical (unpaired) electrons. The summed E-state index contributed by atoms with van der Waals surface area (Å²) in [7, 11) is 1.35. The van der Waals surface area contributed by atoms with E-state index in [-0.39, 0.29) is 21.4 Å². The molecule has 1 aromatic heterocycles. The van der Waals surface area contributed by atoms with Crippen LogP contribution < -0.4 is 4.74 Å². The number of rotatable bonds is 4. The molecule has 0 bridgehead atoms. The van der Waals surface area contributed by atoms with E-state index in [4.69, 9.17) is 27.9 Å². The minimum atomic E-state index is -0.940. The van der Waals surface area contributed by atoms with Crippen molar-refractivity contribution in [1.82, 2.24) is 4.98 Å². The van der Waals surface area contributed by atoms with Gasteiger partial charge >= 0.3 is 0 Å². The second kappa shape index (κ2) is 6.20. The lowest BCUT2D eigenvalue weighted by Gasteiger charge is -2.17. The molecule has 1 atom stereocenters. The fourth-order valence-electron chi connectivity index (χ4n) is 2.01. The Morgan fingerprint density at radius 3 is 2.33 bits per heavy atom. The molecule has 0 aliphatic carbocycles. The molecular weight excluding hydrogens is 317 g/mol. The third-order valence-electron chi connectivity index (χ3n) is 3.04. The Balaban J connectivity index is 2.63. The molecule has 1 heterocycles. The highest BCUT2D eigenvalue weighted by Gasteiger charge is 2.25. The molecule has 0 amide bonds. The van der Waals surface area contributed by atoms with Gasteiger partial charge in [-0.2, -0.15) is 0 Å². The van der Waals surface area contributed by atoms with Gasteiger partial charge in [-0.15, -0.1) is 0 Å². The van der Waals surface area contributed by atoms with Gasteiger partial charge in [0, 0.05) is 23.5 Å². The number of nitrogens with zero attached hydrogens (tertiary/aromatic N) is 1. The first-order chi connectivity index (χ1) is 10.0. The number of aromatic hydroxyl groups is 2. The van der Waals surface area contributed by atoms with Crippen LogP contribution in [0.1, 0.15) is 17.0 Å². The van der Waals surface area contributed by atoms with Gasteiger partial charge in [-0.3, -0.25) is 4.98 Å². The minimum Gasteiger partial charge on any atom is -0.504 e. The maximum atomic E-state index is 11.5. The van der Waals surface area contributed by atoms with Crippen LogP contribution in [0.25, 0.3) is 0 Å². The standard InChI is InChI=1S/C14H11Cl2NO4/c1-21-11-3-2-7(13(19)14(11)20)8(6-18)12-9(15)4-17-5-10(12)16/h2-6,8,19-20H,1H3. The number of halogens is 2. The van der Waals surface area contributed by atoms with Crippen molar-refractivity contribution in [2.45, 2.75) is 5.92 Å². The molecular formula is C14H11Cl2NO4. The second-order valence-electron chi connectivity index (χ2n) is 4.18. The van der Waals surface area contributed by atoms with Gasteiger partial charge in [-0.1, -0.05) is 29.3 Å². The molecule has 2 N–H and O–H groups in total. The number of carbonyl (C=O) groups excluding carboxylic acids is 1. The molecule has 0 fully saturated rings. The molecule has 1 aromatic carbocycles. The van der Waals surface area contributed by atoms with E-state index < -0.39 is 17.4 Å². The highest BCUT2D eigenvalue weighted by Crippen LogP contribution is 2.44. The summed E-state index contributed by atoms with van der Waals surface area (Å²) in [6, 6.07) is 2.89. The lowest BCUT2D eigenvalue weighted by molar-refractivity contribution is -0.108. The normalized spacial score (nSPS) is 12.0. The van der Waals surface area contributed by atoms with Crippen LogP contribution in [0.2, 0.25) is 10.0 Å². The fraction of sp³-hybridized carbons (Fsp3) is 0.143. The Bertz CT molecular complexity index is 671. The minimum absolute atomic E-state index is 0.0906.